The molecule has 1 atom stereocenters. The summed E-state index contributed by atoms with van der Waals surface area (Å²) >= 11 is 0. The molecule has 3 rings (SSSR count). The molecule has 2 aromatic heterocycles. The second-order valence-electron chi connectivity index (χ2n) is 4.83. The highest BCUT2D eigenvalue weighted by molar-refractivity contribution is 5.92. The maximum absolute atomic E-state index is 12.5. The van der Waals surface area contributed by atoms with Crippen molar-refractivity contribution in [1.29, 1.82) is 0 Å². The normalized spacial score (nSPS) is 13.2. The SMILES string of the molecule is Cc1nn(CC(O)CO)c2[nH]c3ccccc3c(=O)c12. The number of fused-ring (bicyclic) bond motifs is 2. The van der Waals surface area contributed by atoms with E-state index in [-0.39, 0.29) is 18.6 Å². The number of pyridine rings is 1. The van der Waals surface area contributed by atoms with Gasteiger partial charge >= 0.3 is 0 Å². The molecule has 6 heteroatoms. The number of aromatic nitrogens is 3. The first kappa shape index (κ1) is 12.8. The molecule has 104 valence electrons. The molecule has 3 N–H and O–H groups in total. The lowest BCUT2D eigenvalue weighted by molar-refractivity contribution is 0.0791. The van der Waals surface area contributed by atoms with Gasteiger partial charge in [0.2, 0.25) is 5.43 Å². The number of aliphatic hydroxyl groups excluding tert-OH is 2. The molecule has 20 heavy (non-hydrogen) atoms. The van der Waals surface area contributed by atoms with Crippen molar-refractivity contribution in [3.63, 3.8) is 0 Å². The third-order valence-electron chi connectivity index (χ3n) is 3.37. The number of H-pyrrole nitrogens is 1. The molecule has 3 aromatic rings. The zero-order chi connectivity index (χ0) is 14.3. The van der Waals surface area contributed by atoms with Gasteiger partial charge in [0.15, 0.2) is 0 Å². The highest BCUT2D eigenvalue weighted by atomic mass is 16.3. The summed E-state index contributed by atoms with van der Waals surface area (Å²) < 4.78 is 1.53. The number of nitrogens with one attached hydrogen (secondary N) is 1. The largest absolute Gasteiger partial charge is 0.394 e. The van der Waals surface area contributed by atoms with Gasteiger partial charge in [0.25, 0.3) is 0 Å². The fraction of sp³-hybridized carbons (Fsp3) is 0.286. The molecule has 0 aliphatic carbocycles. The molecule has 0 saturated carbocycles. The van der Waals surface area contributed by atoms with Gasteiger partial charge in [-0.05, 0) is 19.1 Å². The van der Waals surface area contributed by atoms with E-state index in [9.17, 15) is 9.90 Å². The van der Waals surface area contributed by atoms with Gasteiger partial charge in [0.1, 0.15) is 5.65 Å². The van der Waals surface area contributed by atoms with Crippen molar-refractivity contribution in [3.8, 4) is 0 Å². The smallest absolute Gasteiger partial charge is 0.200 e. The van der Waals surface area contributed by atoms with Crippen molar-refractivity contribution in [2.75, 3.05) is 6.61 Å². The van der Waals surface area contributed by atoms with E-state index in [1.807, 2.05) is 18.2 Å². The van der Waals surface area contributed by atoms with E-state index in [1.54, 1.807) is 13.0 Å². The first-order valence-electron chi connectivity index (χ1n) is 6.39. The minimum absolute atomic E-state index is 0.0726. The van der Waals surface area contributed by atoms with Crippen molar-refractivity contribution < 1.29 is 10.2 Å². The molecule has 0 saturated heterocycles. The van der Waals surface area contributed by atoms with Gasteiger partial charge in [-0.15, -0.1) is 0 Å². The first-order chi connectivity index (χ1) is 9.61. The standard InChI is InChI=1S/C14H15N3O3/c1-8-12-13(20)10-4-2-3-5-11(10)15-14(12)17(16-8)6-9(19)7-18/h2-5,9,18-19H,6-7H2,1H3,(H,15,20). The van der Waals surface area contributed by atoms with Crippen molar-refractivity contribution in [2.24, 2.45) is 0 Å². The Labute approximate surface area is 114 Å². The van der Waals surface area contributed by atoms with Crippen molar-refractivity contribution in [3.05, 3.63) is 40.2 Å². The Hall–Kier alpha value is -2.18. The Morgan fingerprint density at radius 3 is 2.90 bits per heavy atom. The molecular weight excluding hydrogens is 258 g/mol. The van der Waals surface area contributed by atoms with Crippen LogP contribution in [0.3, 0.4) is 0 Å². The van der Waals surface area contributed by atoms with Crippen LogP contribution in [0.5, 0.6) is 0 Å². The number of aliphatic hydroxyl groups is 2. The number of nitrogens with zero attached hydrogens (tertiary/aromatic N) is 2. The van der Waals surface area contributed by atoms with Crippen LogP contribution in [0.1, 0.15) is 5.69 Å². The van der Waals surface area contributed by atoms with Crippen LogP contribution in [0.25, 0.3) is 21.9 Å². The minimum atomic E-state index is -0.910. The summed E-state index contributed by atoms with van der Waals surface area (Å²) in [7, 11) is 0. The average molecular weight is 273 g/mol. The third kappa shape index (κ3) is 1.90. The molecule has 1 aromatic carbocycles. The molecule has 2 heterocycles. The van der Waals surface area contributed by atoms with E-state index in [4.69, 9.17) is 5.11 Å². The lowest BCUT2D eigenvalue weighted by Gasteiger charge is -2.08. The highest BCUT2D eigenvalue weighted by Gasteiger charge is 2.15. The predicted octanol–water partition coefficient (Wildman–Crippen LogP) is 0.539. The van der Waals surface area contributed by atoms with Gasteiger partial charge in [0.05, 0.1) is 35.9 Å². The Morgan fingerprint density at radius 1 is 1.40 bits per heavy atom. The topological polar surface area (TPSA) is 91.1 Å². The van der Waals surface area contributed by atoms with E-state index < -0.39 is 6.10 Å². The van der Waals surface area contributed by atoms with Crippen molar-refractivity contribution >= 4 is 21.9 Å². The number of aryl methyl sites for hydroxylation is 1. The van der Waals surface area contributed by atoms with Crippen molar-refractivity contribution in [2.45, 2.75) is 19.6 Å². The van der Waals surface area contributed by atoms with Crippen LogP contribution in [-0.2, 0) is 6.54 Å². The summed E-state index contributed by atoms with van der Waals surface area (Å²) in [6.07, 6.45) is -0.910. The zero-order valence-electron chi connectivity index (χ0n) is 11.0. The molecule has 6 nitrogen and oxygen atoms in total. The highest BCUT2D eigenvalue weighted by Crippen LogP contribution is 2.17. The minimum Gasteiger partial charge on any atom is -0.394 e. The van der Waals surface area contributed by atoms with Crippen LogP contribution in [-0.4, -0.2) is 37.7 Å². The molecule has 1 unspecified atom stereocenters. The summed E-state index contributed by atoms with van der Waals surface area (Å²) in [6.45, 7) is 1.54. The first-order valence-corrected chi connectivity index (χ1v) is 6.39. The van der Waals surface area contributed by atoms with E-state index in [0.717, 1.165) is 5.52 Å². The summed E-state index contributed by atoms with van der Waals surface area (Å²) in [5, 5.41) is 23.9. The van der Waals surface area contributed by atoms with Crippen LogP contribution < -0.4 is 5.43 Å². The zero-order valence-corrected chi connectivity index (χ0v) is 11.0. The molecule has 0 amide bonds. The summed E-state index contributed by atoms with van der Waals surface area (Å²) in [6, 6.07) is 7.26. The van der Waals surface area contributed by atoms with Crippen LogP contribution in [0.4, 0.5) is 0 Å². The lowest BCUT2D eigenvalue weighted by Crippen LogP contribution is -2.21. The fourth-order valence-electron chi connectivity index (χ4n) is 2.42. The van der Waals surface area contributed by atoms with E-state index in [2.05, 4.69) is 10.1 Å². The molecule has 0 radical (unpaired) electrons. The molecule has 0 aliphatic heterocycles. The van der Waals surface area contributed by atoms with Gasteiger partial charge in [-0.3, -0.25) is 4.79 Å². The summed E-state index contributed by atoms with van der Waals surface area (Å²) in [5.41, 5.74) is 1.83. The Bertz CT molecular complexity index is 835. The third-order valence-corrected chi connectivity index (χ3v) is 3.37. The van der Waals surface area contributed by atoms with Gasteiger partial charge in [-0.25, -0.2) is 4.68 Å². The molecule has 0 aliphatic rings. The number of benzene rings is 1. The predicted molar refractivity (Wildman–Crippen MR) is 75.7 cm³/mol. The maximum atomic E-state index is 12.5. The number of rotatable bonds is 3. The molecular formula is C14H15N3O3. The molecule has 0 fully saturated rings. The van der Waals surface area contributed by atoms with E-state index >= 15 is 0 Å². The van der Waals surface area contributed by atoms with Crippen LogP contribution in [0.15, 0.2) is 29.1 Å². The van der Waals surface area contributed by atoms with Crippen LogP contribution in [0.2, 0.25) is 0 Å². The number of hydrogen-bond acceptors (Lipinski definition) is 4. The van der Waals surface area contributed by atoms with Gasteiger partial charge < -0.3 is 15.2 Å². The number of aromatic amines is 1. The Kier molecular flexibility index (Phi) is 3.04. The summed E-state index contributed by atoms with van der Waals surface area (Å²) in [4.78, 5) is 15.7. The number of para-hydroxylation sites is 1. The maximum Gasteiger partial charge on any atom is 0.200 e. The Morgan fingerprint density at radius 2 is 2.15 bits per heavy atom. The monoisotopic (exact) mass is 273 g/mol. The van der Waals surface area contributed by atoms with Gasteiger partial charge in [0, 0.05) is 5.39 Å². The second kappa shape index (κ2) is 4.73. The molecule has 0 spiro atoms. The van der Waals surface area contributed by atoms with Gasteiger partial charge in [-0.1, -0.05) is 12.1 Å². The van der Waals surface area contributed by atoms with E-state index in [0.29, 0.717) is 22.1 Å². The average Bonchev–Trinajstić information content (AvgIpc) is 2.75. The second-order valence-corrected chi connectivity index (χ2v) is 4.83. The van der Waals surface area contributed by atoms with Crippen LogP contribution >= 0.6 is 0 Å². The lowest BCUT2D eigenvalue weighted by atomic mass is 10.1. The van der Waals surface area contributed by atoms with Gasteiger partial charge in [-0.2, -0.15) is 5.10 Å². The Balaban J connectivity index is 2.32. The van der Waals surface area contributed by atoms with Crippen molar-refractivity contribution in [1.82, 2.24) is 14.8 Å². The quantitative estimate of drug-likeness (QED) is 0.649. The molecule has 0 bridgehead atoms. The fourth-order valence-corrected chi connectivity index (χ4v) is 2.42. The summed E-state index contributed by atoms with van der Waals surface area (Å²) in [5.74, 6) is 0. The van der Waals surface area contributed by atoms with Crippen LogP contribution in [0, 0.1) is 6.92 Å². The number of hydrogen-bond donors (Lipinski definition) is 3. The van der Waals surface area contributed by atoms with E-state index in [1.165, 1.54) is 4.68 Å².